The van der Waals surface area contributed by atoms with Crippen molar-refractivity contribution in [3.8, 4) is 0 Å². The van der Waals surface area contributed by atoms with Gasteiger partial charge in [-0.25, -0.2) is 14.2 Å². The topological polar surface area (TPSA) is 24.1 Å². The molecule has 0 aromatic heterocycles. The van der Waals surface area contributed by atoms with Gasteiger partial charge in [-0.15, -0.1) is 0 Å². The van der Waals surface area contributed by atoms with Crippen molar-refractivity contribution in [1.29, 1.82) is 0 Å². The summed E-state index contributed by atoms with van der Waals surface area (Å²) in [5.41, 5.74) is 6.12. The standard InChI is InChI=1S/C12H18F2N2/c1-12(2,3)6-7-15-16-11-5-4-9(13)8-10(11)14/h4-5,8,15-16H,6-7H2,1-3H3. The van der Waals surface area contributed by atoms with Crippen LogP contribution in [0.5, 0.6) is 0 Å². The molecule has 0 bridgehead atoms. The highest BCUT2D eigenvalue weighted by Gasteiger charge is 2.09. The molecule has 1 rings (SSSR count). The van der Waals surface area contributed by atoms with Crippen molar-refractivity contribution in [2.24, 2.45) is 5.41 Å². The number of nitrogens with one attached hydrogen (secondary N) is 2. The van der Waals surface area contributed by atoms with Crippen LogP contribution in [0, 0.1) is 17.0 Å². The van der Waals surface area contributed by atoms with E-state index in [0.717, 1.165) is 19.0 Å². The fourth-order valence-electron chi connectivity index (χ4n) is 1.19. The summed E-state index contributed by atoms with van der Waals surface area (Å²) in [6, 6.07) is 3.44. The van der Waals surface area contributed by atoms with Gasteiger partial charge in [-0.3, -0.25) is 0 Å². The van der Waals surface area contributed by atoms with Gasteiger partial charge < -0.3 is 5.43 Å². The van der Waals surface area contributed by atoms with Crippen molar-refractivity contribution in [2.75, 3.05) is 12.0 Å². The second-order valence-electron chi connectivity index (χ2n) is 4.99. The molecule has 0 radical (unpaired) electrons. The monoisotopic (exact) mass is 228 g/mol. The summed E-state index contributed by atoms with van der Waals surface area (Å²) in [6.45, 7) is 7.12. The Morgan fingerprint density at radius 2 is 1.88 bits per heavy atom. The van der Waals surface area contributed by atoms with E-state index in [0.29, 0.717) is 0 Å². The molecule has 2 N–H and O–H groups in total. The van der Waals surface area contributed by atoms with Gasteiger partial charge in [-0.1, -0.05) is 20.8 Å². The highest BCUT2D eigenvalue weighted by molar-refractivity contribution is 5.43. The predicted octanol–water partition coefficient (Wildman–Crippen LogP) is 3.32. The van der Waals surface area contributed by atoms with Crippen molar-refractivity contribution in [1.82, 2.24) is 5.43 Å². The summed E-state index contributed by atoms with van der Waals surface area (Å²) in [5.74, 6) is -1.17. The van der Waals surface area contributed by atoms with Crippen molar-refractivity contribution < 1.29 is 8.78 Å². The molecule has 16 heavy (non-hydrogen) atoms. The summed E-state index contributed by atoms with van der Waals surface area (Å²) in [6.07, 6.45) is 0.961. The third-order valence-electron chi connectivity index (χ3n) is 2.15. The second kappa shape index (κ2) is 5.25. The summed E-state index contributed by atoms with van der Waals surface area (Å²) < 4.78 is 25.8. The van der Waals surface area contributed by atoms with Crippen LogP contribution in [0.2, 0.25) is 0 Å². The van der Waals surface area contributed by atoms with Crippen LogP contribution in [0.15, 0.2) is 18.2 Å². The van der Waals surface area contributed by atoms with E-state index in [1.165, 1.54) is 12.1 Å². The zero-order valence-electron chi connectivity index (χ0n) is 9.90. The zero-order chi connectivity index (χ0) is 12.2. The first-order chi connectivity index (χ1) is 7.38. The second-order valence-corrected chi connectivity index (χ2v) is 4.99. The van der Waals surface area contributed by atoms with E-state index in [9.17, 15) is 8.78 Å². The molecule has 0 fully saturated rings. The molecule has 1 aromatic carbocycles. The first-order valence-corrected chi connectivity index (χ1v) is 5.32. The third-order valence-corrected chi connectivity index (χ3v) is 2.15. The average Bonchev–Trinajstić information content (AvgIpc) is 2.13. The number of benzene rings is 1. The van der Waals surface area contributed by atoms with Gasteiger partial charge in [-0.05, 0) is 24.0 Å². The molecule has 2 nitrogen and oxygen atoms in total. The van der Waals surface area contributed by atoms with Gasteiger partial charge in [0, 0.05) is 12.6 Å². The van der Waals surface area contributed by atoms with Gasteiger partial charge in [0.2, 0.25) is 0 Å². The van der Waals surface area contributed by atoms with Crippen LogP contribution in [0.1, 0.15) is 27.2 Å². The molecule has 90 valence electrons. The van der Waals surface area contributed by atoms with E-state index < -0.39 is 11.6 Å². The summed E-state index contributed by atoms with van der Waals surface area (Å²) in [4.78, 5) is 0. The lowest BCUT2D eigenvalue weighted by atomic mass is 9.93. The van der Waals surface area contributed by atoms with E-state index in [4.69, 9.17) is 0 Å². The van der Waals surface area contributed by atoms with Crippen LogP contribution in [-0.2, 0) is 0 Å². The van der Waals surface area contributed by atoms with Crippen LogP contribution in [0.3, 0.4) is 0 Å². The molecular formula is C12H18F2N2. The summed E-state index contributed by atoms with van der Waals surface area (Å²) in [5, 5.41) is 0. The maximum Gasteiger partial charge on any atom is 0.150 e. The molecular weight excluding hydrogens is 210 g/mol. The molecule has 0 atom stereocenters. The fraction of sp³-hybridized carbons (Fsp3) is 0.500. The Balaban J connectivity index is 2.38. The van der Waals surface area contributed by atoms with Gasteiger partial charge in [0.1, 0.15) is 5.82 Å². The molecule has 0 spiro atoms. The Labute approximate surface area is 95.0 Å². The van der Waals surface area contributed by atoms with Crippen LogP contribution in [0.25, 0.3) is 0 Å². The van der Waals surface area contributed by atoms with Crippen LogP contribution in [0.4, 0.5) is 14.5 Å². The average molecular weight is 228 g/mol. The first kappa shape index (κ1) is 12.9. The minimum absolute atomic E-state index is 0.232. The minimum atomic E-state index is -0.594. The van der Waals surface area contributed by atoms with Gasteiger partial charge >= 0.3 is 0 Å². The molecule has 0 unspecified atom stereocenters. The fourth-order valence-corrected chi connectivity index (χ4v) is 1.19. The van der Waals surface area contributed by atoms with Crippen LogP contribution in [-0.4, -0.2) is 6.54 Å². The number of halogens is 2. The zero-order valence-corrected chi connectivity index (χ0v) is 9.90. The van der Waals surface area contributed by atoms with Crippen LogP contribution >= 0.6 is 0 Å². The highest BCUT2D eigenvalue weighted by Crippen LogP contribution is 2.17. The quantitative estimate of drug-likeness (QED) is 0.610. The van der Waals surface area contributed by atoms with Crippen LogP contribution < -0.4 is 10.9 Å². The molecule has 0 aliphatic rings. The number of rotatable bonds is 4. The van der Waals surface area contributed by atoms with Crippen molar-refractivity contribution >= 4 is 5.69 Å². The molecule has 0 heterocycles. The number of hydrazine groups is 1. The van der Waals surface area contributed by atoms with E-state index in [-0.39, 0.29) is 11.1 Å². The van der Waals surface area contributed by atoms with Crippen molar-refractivity contribution in [2.45, 2.75) is 27.2 Å². The Morgan fingerprint density at radius 1 is 1.19 bits per heavy atom. The highest BCUT2D eigenvalue weighted by atomic mass is 19.1. The SMILES string of the molecule is CC(C)(C)CCNNc1ccc(F)cc1F. The Hall–Kier alpha value is -1.16. The molecule has 0 aliphatic heterocycles. The Morgan fingerprint density at radius 3 is 2.44 bits per heavy atom. The normalized spacial score (nSPS) is 11.6. The molecule has 0 saturated heterocycles. The van der Waals surface area contributed by atoms with E-state index in [1.54, 1.807) is 0 Å². The van der Waals surface area contributed by atoms with Gasteiger partial charge in [0.05, 0.1) is 5.69 Å². The summed E-state index contributed by atoms with van der Waals surface area (Å²) in [7, 11) is 0. The lowest BCUT2D eigenvalue weighted by Crippen LogP contribution is -2.26. The third kappa shape index (κ3) is 4.57. The molecule has 4 heteroatoms. The summed E-state index contributed by atoms with van der Waals surface area (Å²) >= 11 is 0. The van der Waals surface area contributed by atoms with E-state index in [1.807, 2.05) is 0 Å². The lowest BCUT2D eigenvalue weighted by Gasteiger charge is -2.18. The molecule has 0 saturated carbocycles. The molecule has 1 aromatic rings. The molecule has 0 aliphatic carbocycles. The van der Waals surface area contributed by atoms with Crippen molar-refractivity contribution in [3.05, 3.63) is 29.8 Å². The lowest BCUT2D eigenvalue weighted by molar-refractivity contribution is 0.372. The van der Waals surface area contributed by atoms with Crippen molar-refractivity contribution in [3.63, 3.8) is 0 Å². The van der Waals surface area contributed by atoms with Gasteiger partial charge in [-0.2, -0.15) is 0 Å². The van der Waals surface area contributed by atoms with Gasteiger partial charge in [0.25, 0.3) is 0 Å². The number of hydrogen-bond donors (Lipinski definition) is 2. The number of hydrogen-bond acceptors (Lipinski definition) is 2. The van der Waals surface area contributed by atoms with E-state index in [2.05, 4.69) is 31.6 Å². The predicted molar refractivity (Wildman–Crippen MR) is 62.1 cm³/mol. The van der Waals surface area contributed by atoms with E-state index >= 15 is 0 Å². The molecule has 0 amide bonds. The maximum atomic E-state index is 13.2. The largest absolute Gasteiger partial charge is 0.319 e. The Bertz CT molecular complexity index is 345. The van der Waals surface area contributed by atoms with Gasteiger partial charge in [0.15, 0.2) is 5.82 Å². The smallest absolute Gasteiger partial charge is 0.150 e. The Kier molecular flexibility index (Phi) is 4.24. The maximum absolute atomic E-state index is 13.2. The minimum Gasteiger partial charge on any atom is -0.319 e. The number of anilines is 1. The first-order valence-electron chi connectivity index (χ1n) is 5.32.